The van der Waals surface area contributed by atoms with Crippen molar-refractivity contribution in [2.45, 2.75) is 58.2 Å². The monoisotopic (exact) mass is 323 g/mol. The van der Waals surface area contributed by atoms with E-state index >= 15 is 0 Å². The van der Waals surface area contributed by atoms with Gasteiger partial charge in [0, 0.05) is 17.5 Å². The molecule has 128 valence electrons. The molecule has 1 amide bonds. The van der Waals surface area contributed by atoms with E-state index in [1.54, 1.807) is 13.0 Å². The molecule has 3 atom stereocenters. The smallest absolute Gasteiger partial charge is 0.410 e. The number of amides is 1. The molecule has 3 rings (SSSR count). The molecule has 2 aliphatic heterocycles. The maximum atomic E-state index is 12.5. The molecular weight excluding hydrogens is 298 g/mol. The first-order chi connectivity index (χ1) is 10.8. The molecule has 0 bridgehead atoms. The van der Waals surface area contributed by atoms with Crippen LogP contribution in [0.1, 0.15) is 40.5 Å². The van der Waals surface area contributed by atoms with Gasteiger partial charge in [0.15, 0.2) is 0 Å². The van der Waals surface area contributed by atoms with Gasteiger partial charge in [0.1, 0.15) is 5.60 Å². The zero-order valence-corrected chi connectivity index (χ0v) is 14.3. The summed E-state index contributed by atoms with van der Waals surface area (Å²) in [5, 5.41) is 0. The molecule has 0 aromatic heterocycles. The summed E-state index contributed by atoms with van der Waals surface area (Å²) in [5.74, 6) is -0.306. The van der Waals surface area contributed by atoms with E-state index in [-0.39, 0.29) is 29.6 Å². The highest BCUT2D eigenvalue weighted by atomic mass is 16.6. The molecule has 0 aromatic rings. The predicted octanol–water partition coefficient (Wildman–Crippen LogP) is 2.27. The highest BCUT2D eigenvalue weighted by Crippen LogP contribution is 2.59. The van der Waals surface area contributed by atoms with Crippen molar-refractivity contribution in [3.8, 4) is 0 Å². The van der Waals surface area contributed by atoms with Gasteiger partial charge in [0.2, 0.25) is 0 Å². The summed E-state index contributed by atoms with van der Waals surface area (Å²) in [5.41, 5.74) is 0.474. The van der Waals surface area contributed by atoms with Crippen LogP contribution >= 0.6 is 0 Å². The molecule has 0 N–H and O–H groups in total. The molecule has 0 aromatic carbocycles. The fourth-order valence-corrected chi connectivity index (χ4v) is 4.07. The second-order valence-corrected chi connectivity index (χ2v) is 7.60. The van der Waals surface area contributed by atoms with E-state index < -0.39 is 5.60 Å². The Morgan fingerprint density at radius 3 is 2.78 bits per heavy atom. The molecule has 6 heteroatoms. The first-order valence-corrected chi connectivity index (χ1v) is 8.22. The van der Waals surface area contributed by atoms with E-state index in [2.05, 4.69) is 0 Å². The Labute approximate surface area is 136 Å². The summed E-state index contributed by atoms with van der Waals surface area (Å²) in [7, 11) is 0. The number of likely N-dealkylation sites (tertiary alicyclic amines) is 1. The van der Waals surface area contributed by atoms with Crippen LogP contribution in [-0.4, -0.2) is 54.5 Å². The van der Waals surface area contributed by atoms with Crippen molar-refractivity contribution in [3.05, 3.63) is 11.6 Å². The first kappa shape index (κ1) is 16.3. The molecule has 1 saturated carbocycles. The van der Waals surface area contributed by atoms with Crippen molar-refractivity contribution in [2.75, 3.05) is 19.8 Å². The number of hydrogen-bond acceptors (Lipinski definition) is 5. The van der Waals surface area contributed by atoms with Gasteiger partial charge >= 0.3 is 12.1 Å². The van der Waals surface area contributed by atoms with Crippen molar-refractivity contribution in [3.63, 3.8) is 0 Å². The molecule has 6 nitrogen and oxygen atoms in total. The number of nitrogens with zero attached hydrogens (tertiary/aromatic N) is 1. The van der Waals surface area contributed by atoms with Gasteiger partial charge in [-0.1, -0.05) is 5.57 Å². The van der Waals surface area contributed by atoms with E-state index in [1.165, 1.54) is 0 Å². The average molecular weight is 323 g/mol. The second kappa shape index (κ2) is 5.51. The molecule has 2 heterocycles. The third kappa shape index (κ3) is 2.73. The number of esters is 1. The fraction of sp³-hybridized carbons (Fsp3) is 0.765. The molecule has 2 saturated heterocycles. The van der Waals surface area contributed by atoms with Crippen LogP contribution in [0.2, 0.25) is 0 Å². The van der Waals surface area contributed by atoms with Crippen LogP contribution in [0.4, 0.5) is 4.79 Å². The predicted molar refractivity (Wildman–Crippen MR) is 82.9 cm³/mol. The van der Waals surface area contributed by atoms with Gasteiger partial charge in [-0.25, -0.2) is 9.59 Å². The number of rotatable bonds is 2. The summed E-state index contributed by atoms with van der Waals surface area (Å²) in [6, 6.07) is 0.112. The van der Waals surface area contributed by atoms with Crippen molar-refractivity contribution < 1.29 is 23.8 Å². The number of carbonyl (C=O) groups is 2. The lowest BCUT2D eigenvalue weighted by Gasteiger charge is -2.55. The lowest BCUT2D eigenvalue weighted by molar-refractivity contribution is -0.137. The highest BCUT2D eigenvalue weighted by Gasteiger charge is 2.68. The Hall–Kier alpha value is -1.56. The van der Waals surface area contributed by atoms with Gasteiger partial charge in [-0.15, -0.1) is 0 Å². The maximum Gasteiger partial charge on any atom is 0.410 e. The van der Waals surface area contributed by atoms with Crippen LogP contribution in [0.3, 0.4) is 0 Å². The minimum atomic E-state index is -0.517. The maximum absolute atomic E-state index is 12.5. The van der Waals surface area contributed by atoms with Crippen LogP contribution < -0.4 is 0 Å². The molecular formula is C17H25NO5. The second-order valence-electron chi connectivity index (χ2n) is 7.60. The Morgan fingerprint density at radius 1 is 1.39 bits per heavy atom. The van der Waals surface area contributed by atoms with Crippen LogP contribution in [0.25, 0.3) is 0 Å². The van der Waals surface area contributed by atoms with Crippen LogP contribution in [-0.2, 0) is 19.0 Å². The summed E-state index contributed by atoms with van der Waals surface area (Å²) >= 11 is 0. The Bertz CT molecular complexity index is 550. The zero-order chi connectivity index (χ0) is 16.8. The van der Waals surface area contributed by atoms with Crippen LogP contribution in [0.15, 0.2) is 11.6 Å². The van der Waals surface area contributed by atoms with Gasteiger partial charge in [-0.2, -0.15) is 0 Å². The topological polar surface area (TPSA) is 65.1 Å². The summed E-state index contributed by atoms with van der Waals surface area (Å²) in [6.07, 6.45) is 2.78. The third-order valence-corrected chi connectivity index (χ3v) is 4.87. The van der Waals surface area contributed by atoms with Gasteiger partial charge in [0.25, 0.3) is 0 Å². The first-order valence-electron chi connectivity index (χ1n) is 8.22. The lowest BCUT2D eigenvalue weighted by atomic mass is 9.69. The lowest BCUT2D eigenvalue weighted by Crippen LogP contribution is -2.70. The summed E-state index contributed by atoms with van der Waals surface area (Å²) in [4.78, 5) is 26.0. The summed E-state index contributed by atoms with van der Waals surface area (Å²) in [6.45, 7) is 8.94. The van der Waals surface area contributed by atoms with Gasteiger partial charge in [-0.05, 0) is 40.5 Å². The van der Waals surface area contributed by atoms with Crippen molar-refractivity contribution >= 4 is 12.1 Å². The Balaban J connectivity index is 1.76. The van der Waals surface area contributed by atoms with Gasteiger partial charge in [0.05, 0.1) is 25.9 Å². The normalized spacial score (nSPS) is 33.9. The van der Waals surface area contributed by atoms with Crippen LogP contribution in [0, 0.1) is 5.41 Å². The SMILES string of the molecule is CCOC(=O)/C=C1\CC2N(C(=O)OC(C)(C)C)C3COCC32C1. The highest BCUT2D eigenvalue weighted by molar-refractivity contribution is 5.83. The average Bonchev–Trinajstić information content (AvgIpc) is 2.88. The third-order valence-electron chi connectivity index (χ3n) is 4.87. The largest absolute Gasteiger partial charge is 0.463 e. The molecule has 1 spiro atoms. The number of ether oxygens (including phenoxy) is 3. The fourth-order valence-electron chi connectivity index (χ4n) is 4.07. The summed E-state index contributed by atoms with van der Waals surface area (Å²) < 4.78 is 16.2. The van der Waals surface area contributed by atoms with E-state index in [9.17, 15) is 9.59 Å². The molecule has 1 aliphatic carbocycles. The van der Waals surface area contributed by atoms with E-state index in [4.69, 9.17) is 14.2 Å². The zero-order valence-electron chi connectivity index (χ0n) is 14.3. The van der Waals surface area contributed by atoms with Crippen molar-refractivity contribution in [2.24, 2.45) is 5.41 Å². The van der Waals surface area contributed by atoms with E-state index in [0.29, 0.717) is 26.2 Å². The van der Waals surface area contributed by atoms with E-state index in [0.717, 1.165) is 12.0 Å². The molecule has 0 radical (unpaired) electrons. The Kier molecular flexibility index (Phi) is 3.91. The number of hydrogen-bond donors (Lipinski definition) is 0. The molecule has 3 fully saturated rings. The minimum absolute atomic E-state index is 0.0464. The minimum Gasteiger partial charge on any atom is -0.463 e. The standard InChI is InChI=1S/C17H25NO5/c1-5-22-14(19)7-11-6-12-17(8-11)10-21-9-13(17)18(12)15(20)23-16(2,3)4/h7,12-13H,5-6,8-10H2,1-4H3/b11-7+. The van der Waals surface area contributed by atoms with E-state index in [1.807, 2.05) is 25.7 Å². The van der Waals surface area contributed by atoms with Crippen molar-refractivity contribution in [1.29, 1.82) is 0 Å². The molecule has 23 heavy (non-hydrogen) atoms. The van der Waals surface area contributed by atoms with Crippen LogP contribution in [0.5, 0.6) is 0 Å². The molecule has 3 aliphatic rings. The quantitative estimate of drug-likeness (QED) is 0.576. The Morgan fingerprint density at radius 2 is 2.13 bits per heavy atom. The molecule has 3 unspecified atom stereocenters. The van der Waals surface area contributed by atoms with Gasteiger partial charge in [-0.3, -0.25) is 4.90 Å². The number of carbonyl (C=O) groups excluding carboxylic acids is 2. The van der Waals surface area contributed by atoms with Crippen molar-refractivity contribution in [1.82, 2.24) is 4.90 Å². The van der Waals surface area contributed by atoms with Gasteiger partial charge < -0.3 is 14.2 Å².